The van der Waals surface area contributed by atoms with Gasteiger partial charge in [-0.05, 0) is 24.6 Å². The molecule has 0 fully saturated rings. The standard InChI is InChI=1S/C11H13Cl2NO4S/c1-2-3-9(11(15)16)14-19(17,18)10-6-7(12)4-5-8(10)13/h4-6,9,14H,2-3H2,1H3,(H,15,16)/t9-/m1/s1. The van der Waals surface area contributed by atoms with Crippen LogP contribution in [0.2, 0.25) is 10.0 Å². The maximum absolute atomic E-state index is 12.1. The van der Waals surface area contributed by atoms with Crippen molar-refractivity contribution in [2.45, 2.75) is 30.7 Å². The molecule has 2 N–H and O–H groups in total. The monoisotopic (exact) mass is 325 g/mol. The van der Waals surface area contributed by atoms with Crippen molar-refractivity contribution >= 4 is 39.2 Å². The van der Waals surface area contributed by atoms with Gasteiger partial charge in [-0.2, -0.15) is 4.72 Å². The number of hydrogen-bond donors (Lipinski definition) is 2. The van der Waals surface area contributed by atoms with E-state index in [0.29, 0.717) is 6.42 Å². The SMILES string of the molecule is CCC[C@@H](NS(=O)(=O)c1cc(Cl)ccc1Cl)C(=O)O. The molecule has 0 saturated carbocycles. The normalized spacial score (nSPS) is 13.2. The van der Waals surface area contributed by atoms with Crippen molar-refractivity contribution in [2.24, 2.45) is 0 Å². The second kappa shape index (κ2) is 6.56. The van der Waals surface area contributed by atoms with Crippen LogP contribution < -0.4 is 4.72 Å². The van der Waals surface area contributed by atoms with Gasteiger partial charge in [0.25, 0.3) is 0 Å². The summed E-state index contributed by atoms with van der Waals surface area (Å²) in [4.78, 5) is 10.7. The number of rotatable bonds is 6. The van der Waals surface area contributed by atoms with Crippen molar-refractivity contribution in [3.05, 3.63) is 28.2 Å². The van der Waals surface area contributed by atoms with E-state index in [1.807, 2.05) is 0 Å². The van der Waals surface area contributed by atoms with Crippen LogP contribution in [0.4, 0.5) is 0 Å². The largest absolute Gasteiger partial charge is 0.480 e. The van der Waals surface area contributed by atoms with Crippen LogP contribution in [-0.4, -0.2) is 25.5 Å². The minimum Gasteiger partial charge on any atom is -0.480 e. The van der Waals surface area contributed by atoms with Gasteiger partial charge in [-0.15, -0.1) is 0 Å². The van der Waals surface area contributed by atoms with E-state index in [2.05, 4.69) is 4.72 Å². The molecule has 0 heterocycles. The lowest BCUT2D eigenvalue weighted by molar-refractivity contribution is -0.139. The lowest BCUT2D eigenvalue weighted by Gasteiger charge is -2.14. The number of halogens is 2. The molecule has 0 unspecified atom stereocenters. The minimum atomic E-state index is -4.03. The molecule has 1 rings (SSSR count). The molecule has 0 aromatic heterocycles. The summed E-state index contributed by atoms with van der Waals surface area (Å²) in [6, 6.07) is 2.78. The summed E-state index contributed by atoms with van der Waals surface area (Å²) in [7, 11) is -4.03. The van der Waals surface area contributed by atoms with Crippen LogP contribution in [0.25, 0.3) is 0 Å². The van der Waals surface area contributed by atoms with Crippen LogP contribution in [0.5, 0.6) is 0 Å². The molecule has 19 heavy (non-hydrogen) atoms. The van der Waals surface area contributed by atoms with Gasteiger partial charge in [-0.3, -0.25) is 4.79 Å². The third-order valence-corrected chi connectivity index (χ3v) is 4.54. The Balaban J connectivity index is 3.10. The molecule has 0 aliphatic carbocycles. The fourth-order valence-electron chi connectivity index (χ4n) is 1.46. The highest BCUT2D eigenvalue weighted by Crippen LogP contribution is 2.25. The number of carbonyl (C=O) groups is 1. The molecule has 0 bridgehead atoms. The van der Waals surface area contributed by atoms with Crippen molar-refractivity contribution < 1.29 is 18.3 Å². The fraction of sp³-hybridized carbons (Fsp3) is 0.364. The summed E-state index contributed by atoms with van der Waals surface area (Å²) in [5.74, 6) is -1.23. The number of aliphatic carboxylic acids is 1. The molecule has 0 radical (unpaired) electrons. The predicted octanol–water partition coefficient (Wildman–Crippen LogP) is 2.53. The lowest BCUT2D eigenvalue weighted by atomic mass is 10.2. The second-order valence-corrected chi connectivity index (χ2v) is 6.40. The van der Waals surface area contributed by atoms with Gasteiger partial charge in [0.2, 0.25) is 10.0 Å². The van der Waals surface area contributed by atoms with Gasteiger partial charge >= 0.3 is 5.97 Å². The van der Waals surface area contributed by atoms with Crippen LogP contribution in [0.15, 0.2) is 23.1 Å². The van der Waals surface area contributed by atoms with Crippen molar-refractivity contribution in [1.82, 2.24) is 4.72 Å². The van der Waals surface area contributed by atoms with Crippen molar-refractivity contribution in [1.29, 1.82) is 0 Å². The number of benzene rings is 1. The van der Waals surface area contributed by atoms with E-state index in [1.54, 1.807) is 6.92 Å². The highest BCUT2D eigenvalue weighted by molar-refractivity contribution is 7.89. The summed E-state index contributed by atoms with van der Waals surface area (Å²) in [6.07, 6.45) is 0.718. The predicted molar refractivity (Wildman–Crippen MR) is 73.1 cm³/mol. The summed E-state index contributed by atoms with van der Waals surface area (Å²) in [5.41, 5.74) is 0. The van der Waals surface area contributed by atoms with E-state index in [4.69, 9.17) is 28.3 Å². The van der Waals surface area contributed by atoms with E-state index in [0.717, 1.165) is 0 Å². The quantitative estimate of drug-likeness (QED) is 0.841. The van der Waals surface area contributed by atoms with Gasteiger partial charge in [0.05, 0.1) is 5.02 Å². The molecule has 0 aliphatic heterocycles. The van der Waals surface area contributed by atoms with Crippen molar-refractivity contribution in [3.8, 4) is 0 Å². The highest BCUT2D eigenvalue weighted by Gasteiger charge is 2.26. The molecule has 1 atom stereocenters. The summed E-state index contributed by atoms with van der Waals surface area (Å²) in [6.45, 7) is 1.76. The Hall–Kier alpha value is -0.820. The molecule has 0 amide bonds. The third-order valence-electron chi connectivity index (χ3n) is 2.36. The van der Waals surface area contributed by atoms with Crippen molar-refractivity contribution in [2.75, 3.05) is 0 Å². The van der Waals surface area contributed by atoms with Gasteiger partial charge < -0.3 is 5.11 Å². The van der Waals surface area contributed by atoms with Gasteiger partial charge in [0.1, 0.15) is 10.9 Å². The third kappa shape index (κ3) is 4.35. The molecule has 1 aromatic carbocycles. The van der Waals surface area contributed by atoms with Crippen LogP contribution in [0.3, 0.4) is 0 Å². The second-order valence-electron chi connectivity index (χ2n) is 3.88. The highest BCUT2D eigenvalue weighted by atomic mass is 35.5. The molecule has 0 aliphatic rings. The Morgan fingerprint density at radius 3 is 2.58 bits per heavy atom. The first kappa shape index (κ1) is 16.2. The molecule has 0 saturated heterocycles. The first-order valence-corrected chi connectivity index (χ1v) is 7.72. The lowest BCUT2D eigenvalue weighted by Crippen LogP contribution is -2.40. The number of carboxylic acid groups (broad SMARTS) is 1. The first-order chi connectivity index (χ1) is 8.77. The number of nitrogens with one attached hydrogen (secondary N) is 1. The maximum Gasteiger partial charge on any atom is 0.321 e. The smallest absolute Gasteiger partial charge is 0.321 e. The zero-order chi connectivity index (χ0) is 14.6. The Kier molecular flexibility index (Phi) is 5.61. The average Bonchev–Trinajstić information content (AvgIpc) is 2.31. The summed E-state index contributed by atoms with van der Waals surface area (Å²) in [5, 5.41) is 9.14. The molecule has 106 valence electrons. The number of hydrogen-bond acceptors (Lipinski definition) is 3. The molecular weight excluding hydrogens is 313 g/mol. The molecule has 8 heteroatoms. The minimum absolute atomic E-state index is 0.0162. The number of sulfonamides is 1. The van der Waals surface area contributed by atoms with Crippen LogP contribution in [-0.2, 0) is 14.8 Å². The van der Waals surface area contributed by atoms with E-state index in [-0.39, 0.29) is 21.4 Å². The fourth-order valence-corrected chi connectivity index (χ4v) is 3.44. The Labute approximate surface area is 121 Å². The van der Waals surface area contributed by atoms with Gasteiger partial charge in [-0.25, -0.2) is 8.42 Å². The summed E-state index contributed by atoms with van der Waals surface area (Å²) >= 11 is 11.5. The average molecular weight is 326 g/mol. The van der Waals surface area contributed by atoms with Crippen molar-refractivity contribution in [3.63, 3.8) is 0 Å². The first-order valence-electron chi connectivity index (χ1n) is 5.48. The molecule has 0 spiro atoms. The van der Waals surface area contributed by atoms with Gasteiger partial charge in [0, 0.05) is 5.02 Å². The van der Waals surface area contributed by atoms with E-state index < -0.39 is 22.0 Å². The zero-order valence-corrected chi connectivity index (χ0v) is 12.4. The Bertz CT molecular complexity index is 574. The van der Waals surface area contributed by atoms with Crippen LogP contribution in [0.1, 0.15) is 19.8 Å². The topological polar surface area (TPSA) is 83.5 Å². The summed E-state index contributed by atoms with van der Waals surface area (Å²) < 4.78 is 26.3. The van der Waals surface area contributed by atoms with E-state index in [9.17, 15) is 13.2 Å². The van der Waals surface area contributed by atoms with E-state index >= 15 is 0 Å². The van der Waals surface area contributed by atoms with Crippen LogP contribution >= 0.6 is 23.2 Å². The van der Waals surface area contributed by atoms with Crippen LogP contribution in [0, 0.1) is 0 Å². The Morgan fingerprint density at radius 2 is 2.05 bits per heavy atom. The van der Waals surface area contributed by atoms with Gasteiger partial charge in [0.15, 0.2) is 0 Å². The number of carboxylic acids is 1. The Morgan fingerprint density at radius 1 is 1.42 bits per heavy atom. The van der Waals surface area contributed by atoms with Gasteiger partial charge in [-0.1, -0.05) is 36.5 Å². The van der Waals surface area contributed by atoms with E-state index in [1.165, 1.54) is 18.2 Å². The molecule has 5 nitrogen and oxygen atoms in total. The maximum atomic E-state index is 12.1. The molecular formula is C11H13Cl2NO4S. The molecule has 1 aromatic rings. The zero-order valence-electron chi connectivity index (χ0n) is 10.1.